The number of rotatable bonds is 4. The van der Waals surface area contributed by atoms with Crippen LogP contribution in [0.2, 0.25) is 0 Å². The Balaban J connectivity index is 2.96. The quantitative estimate of drug-likeness (QED) is 0.357. The first-order chi connectivity index (χ1) is 7.08. The van der Waals surface area contributed by atoms with Crippen molar-refractivity contribution in [2.75, 3.05) is 13.1 Å². The molecule has 1 saturated heterocycles. The van der Waals surface area contributed by atoms with Crippen molar-refractivity contribution in [1.29, 1.82) is 0 Å². The van der Waals surface area contributed by atoms with Gasteiger partial charge in [0.1, 0.15) is 0 Å². The Labute approximate surface area is 92.0 Å². The van der Waals surface area contributed by atoms with Gasteiger partial charge in [0.2, 0.25) is 0 Å². The van der Waals surface area contributed by atoms with Gasteiger partial charge in [-0.05, 0) is 25.4 Å². The fraction of sp³-hybridized carbons (Fsp3) is 1.00. The molecule has 0 aromatic carbocycles. The van der Waals surface area contributed by atoms with Crippen LogP contribution in [0.15, 0.2) is 0 Å². The van der Waals surface area contributed by atoms with Gasteiger partial charge in [0.25, 0.3) is 5.08 Å². The van der Waals surface area contributed by atoms with Crippen molar-refractivity contribution in [3.8, 4) is 0 Å². The zero-order valence-electron chi connectivity index (χ0n) is 8.35. The van der Waals surface area contributed by atoms with E-state index in [0.29, 0.717) is 19.5 Å². The van der Waals surface area contributed by atoms with Crippen molar-refractivity contribution in [1.82, 2.24) is 5.32 Å². The van der Waals surface area contributed by atoms with Crippen LogP contribution in [-0.2, 0) is 9.13 Å². The summed E-state index contributed by atoms with van der Waals surface area (Å²) < 4.78 is 22.0. The molecule has 1 unspecified atom stereocenters. The lowest BCUT2D eigenvalue weighted by atomic mass is 10.1. The maximum Gasteiger partial charge on any atom is 0.369 e. The Bertz CT molecular complexity index is 319. The highest BCUT2D eigenvalue weighted by Gasteiger charge is 2.59. The highest BCUT2D eigenvalue weighted by atomic mass is 31.2. The molecule has 8 nitrogen and oxygen atoms in total. The maximum absolute atomic E-state index is 11.0. The zero-order valence-corrected chi connectivity index (χ0v) is 10.1. The van der Waals surface area contributed by atoms with Crippen LogP contribution in [-0.4, -0.2) is 42.9 Å². The number of aliphatic hydroxyl groups is 1. The summed E-state index contributed by atoms with van der Waals surface area (Å²) in [6.07, 6.45) is -0.100. The van der Waals surface area contributed by atoms with E-state index >= 15 is 0 Å². The van der Waals surface area contributed by atoms with E-state index in [9.17, 15) is 14.2 Å². The molecule has 16 heavy (non-hydrogen) atoms. The van der Waals surface area contributed by atoms with Crippen molar-refractivity contribution in [2.24, 2.45) is 5.92 Å². The summed E-state index contributed by atoms with van der Waals surface area (Å²) >= 11 is 0. The van der Waals surface area contributed by atoms with E-state index in [2.05, 4.69) is 5.32 Å². The van der Waals surface area contributed by atoms with Crippen molar-refractivity contribution >= 4 is 15.2 Å². The van der Waals surface area contributed by atoms with Crippen LogP contribution in [0.3, 0.4) is 0 Å². The fourth-order valence-electron chi connectivity index (χ4n) is 1.68. The second-order valence-electron chi connectivity index (χ2n) is 3.93. The van der Waals surface area contributed by atoms with Gasteiger partial charge in [-0.15, -0.1) is 0 Å². The van der Waals surface area contributed by atoms with E-state index in [0.717, 1.165) is 0 Å². The standard InChI is InChI=1S/C6H15NO7P2/c8-6(15(9,10)11,16(12,13)14)3-5-1-2-7-4-5/h5,7-8H,1-4H2,(H2,9,10,11)(H2,12,13,14). The van der Waals surface area contributed by atoms with E-state index in [1.165, 1.54) is 0 Å². The Kier molecular flexibility index (Phi) is 4.00. The van der Waals surface area contributed by atoms with Crippen molar-refractivity contribution < 1.29 is 33.8 Å². The average Bonchev–Trinajstić information content (AvgIpc) is 2.52. The Morgan fingerprint density at radius 1 is 1.19 bits per heavy atom. The van der Waals surface area contributed by atoms with Crippen LogP contribution in [0.5, 0.6) is 0 Å². The first-order valence-corrected chi connectivity index (χ1v) is 7.85. The van der Waals surface area contributed by atoms with E-state index < -0.39 is 26.7 Å². The third kappa shape index (κ3) is 2.72. The third-order valence-corrected chi connectivity index (χ3v) is 6.45. The molecular weight excluding hydrogens is 260 g/mol. The summed E-state index contributed by atoms with van der Waals surface area (Å²) in [5.41, 5.74) is 0. The van der Waals surface area contributed by atoms with Gasteiger partial charge < -0.3 is 30.0 Å². The molecule has 0 radical (unpaired) electrons. The number of hydrogen-bond acceptors (Lipinski definition) is 4. The second kappa shape index (κ2) is 4.48. The fourth-order valence-corrected chi connectivity index (χ4v) is 4.03. The van der Waals surface area contributed by atoms with Gasteiger partial charge in [-0.2, -0.15) is 0 Å². The number of hydrogen-bond donors (Lipinski definition) is 6. The molecule has 0 bridgehead atoms. The molecule has 1 aliphatic heterocycles. The van der Waals surface area contributed by atoms with Gasteiger partial charge in [0, 0.05) is 6.42 Å². The largest absolute Gasteiger partial charge is 0.369 e. The molecule has 96 valence electrons. The maximum atomic E-state index is 11.0. The summed E-state index contributed by atoms with van der Waals surface area (Å²) in [5, 5.41) is 9.20. The lowest BCUT2D eigenvalue weighted by Crippen LogP contribution is -2.32. The Morgan fingerprint density at radius 3 is 2.00 bits per heavy atom. The molecule has 0 aromatic heterocycles. The predicted octanol–water partition coefficient (Wildman–Crippen LogP) is -1.01. The van der Waals surface area contributed by atoms with Gasteiger partial charge >= 0.3 is 15.2 Å². The molecular formula is C6H15NO7P2. The normalized spacial score (nSPS) is 23.7. The minimum Gasteiger partial charge on any atom is -0.368 e. The Hall–Kier alpha value is 0.220. The SMILES string of the molecule is O=P(O)(O)C(O)(CC1CCNC1)P(=O)(O)O. The molecule has 6 N–H and O–H groups in total. The predicted molar refractivity (Wildman–Crippen MR) is 54.6 cm³/mol. The lowest BCUT2D eigenvalue weighted by molar-refractivity contribution is 0.109. The number of nitrogens with one attached hydrogen (secondary N) is 1. The summed E-state index contributed by atoms with van der Waals surface area (Å²) in [7, 11) is -10.6. The molecule has 1 aliphatic rings. The van der Waals surface area contributed by atoms with E-state index in [1.54, 1.807) is 0 Å². The molecule has 1 heterocycles. The first-order valence-electron chi connectivity index (χ1n) is 4.62. The summed E-state index contributed by atoms with van der Waals surface area (Å²) in [6.45, 7) is 0.978. The van der Waals surface area contributed by atoms with Crippen molar-refractivity contribution in [3.63, 3.8) is 0 Å². The molecule has 1 atom stereocenters. The Morgan fingerprint density at radius 2 is 1.69 bits per heavy atom. The summed E-state index contributed by atoms with van der Waals surface area (Å²) in [4.78, 5) is 35.5. The van der Waals surface area contributed by atoms with Crippen LogP contribution in [0, 0.1) is 5.92 Å². The van der Waals surface area contributed by atoms with Gasteiger partial charge in [0.05, 0.1) is 0 Å². The van der Waals surface area contributed by atoms with Crippen molar-refractivity contribution in [2.45, 2.75) is 17.9 Å². The molecule has 1 rings (SSSR count). The summed E-state index contributed by atoms with van der Waals surface area (Å²) in [6, 6.07) is 0. The lowest BCUT2D eigenvalue weighted by Gasteiger charge is -2.31. The van der Waals surface area contributed by atoms with Gasteiger partial charge in [-0.3, -0.25) is 9.13 Å². The van der Waals surface area contributed by atoms with Crippen LogP contribution in [0.1, 0.15) is 12.8 Å². The van der Waals surface area contributed by atoms with Crippen LogP contribution >= 0.6 is 15.2 Å². The van der Waals surface area contributed by atoms with Gasteiger partial charge in [0.15, 0.2) is 0 Å². The van der Waals surface area contributed by atoms with E-state index in [1.807, 2.05) is 0 Å². The molecule has 1 fully saturated rings. The minimum absolute atomic E-state index is 0.356. The third-order valence-electron chi connectivity index (χ3n) is 2.66. The molecule has 0 spiro atoms. The smallest absolute Gasteiger partial charge is 0.368 e. The average molecular weight is 275 g/mol. The molecule has 0 saturated carbocycles. The minimum atomic E-state index is -5.30. The van der Waals surface area contributed by atoms with E-state index in [4.69, 9.17) is 19.6 Å². The molecule has 10 heteroatoms. The highest BCUT2D eigenvalue weighted by molar-refractivity contribution is 7.72. The monoisotopic (exact) mass is 275 g/mol. The second-order valence-corrected chi connectivity index (χ2v) is 7.93. The van der Waals surface area contributed by atoms with Gasteiger partial charge in [-0.25, -0.2) is 0 Å². The van der Waals surface area contributed by atoms with E-state index in [-0.39, 0.29) is 5.92 Å². The molecule has 0 aromatic rings. The zero-order chi connectivity index (χ0) is 12.6. The van der Waals surface area contributed by atoms with Crippen LogP contribution in [0.25, 0.3) is 0 Å². The van der Waals surface area contributed by atoms with Gasteiger partial charge in [-0.1, -0.05) is 0 Å². The molecule has 0 amide bonds. The van der Waals surface area contributed by atoms with Crippen molar-refractivity contribution in [3.05, 3.63) is 0 Å². The molecule has 0 aliphatic carbocycles. The highest BCUT2D eigenvalue weighted by Crippen LogP contribution is 2.69. The van der Waals surface area contributed by atoms with Crippen LogP contribution < -0.4 is 5.32 Å². The topological polar surface area (TPSA) is 147 Å². The summed E-state index contributed by atoms with van der Waals surface area (Å²) in [5.74, 6) is -0.356. The first kappa shape index (κ1) is 14.3. The van der Waals surface area contributed by atoms with Crippen LogP contribution in [0.4, 0.5) is 0 Å².